The number of rotatable bonds is 4. The van der Waals surface area contributed by atoms with Crippen LogP contribution in [-0.2, 0) is 4.84 Å². The average Bonchev–Trinajstić information content (AvgIpc) is 2.90. The SMILES string of the molecule is CC1(C)ON=C(c2ccc(OC(F)(F)F)cc2)N1NC(=O)c1ccccc1. The zero-order valence-electron chi connectivity index (χ0n) is 14.4. The van der Waals surface area contributed by atoms with E-state index < -0.39 is 12.1 Å². The van der Waals surface area contributed by atoms with Crippen molar-refractivity contribution in [2.75, 3.05) is 0 Å². The number of halogens is 3. The van der Waals surface area contributed by atoms with Crippen molar-refractivity contribution in [1.29, 1.82) is 0 Å². The summed E-state index contributed by atoms with van der Waals surface area (Å²) in [5, 5.41) is 5.37. The lowest BCUT2D eigenvalue weighted by atomic mass is 10.1. The Morgan fingerprint density at radius 1 is 1.11 bits per heavy atom. The molecule has 1 aliphatic rings. The Labute approximate surface area is 153 Å². The average molecular weight is 379 g/mol. The molecule has 0 spiro atoms. The van der Waals surface area contributed by atoms with E-state index in [2.05, 4.69) is 15.3 Å². The summed E-state index contributed by atoms with van der Waals surface area (Å²) in [6, 6.07) is 13.7. The minimum Gasteiger partial charge on any atom is -0.406 e. The van der Waals surface area contributed by atoms with Crippen LogP contribution in [0.2, 0.25) is 0 Å². The number of ether oxygens (including phenoxy) is 1. The molecule has 142 valence electrons. The predicted octanol–water partition coefficient (Wildman–Crippen LogP) is 3.66. The van der Waals surface area contributed by atoms with Gasteiger partial charge in [0.15, 0.2) is 5.84 Å². The summed E-state index contributed by atoms with van der Waals surface area (Å²) in [7, 11) is 0. The lowest BCUT2D eigenvalue weighted by Crippen LogP contribution is -2.54. The standard InChI is InChI=1S/C18H16F3N3O3/c1-17(2)24(22-16(25)13-6-4-3-5-7-13)15(23-27-17)12-8-10-14(11-9-12)26-18(19,20)21/h3-11H,1-2H3,(H,22,25). The van der Waals surface area contributed by atoms with E-state index in [-0.39, 0.29) is 17.5 Å². The highest BCUT2D eigenvalue weighted by molar-refractivity contribution is 6.02. The molecule has 0 radical (unpaired) electrons. The minimum atomic E-state index is -4.77. The molecular formula is C18H16F3N3O3. The van der Waals surface area contributed by atoms with Gasteiger partial charge < -0.3 is 9.57 Å². The number of oxime groups is 1. The van der Waals surface area contributed by atoms with Gasteiger partial charge in [-0.3, -0.25) is 10.2 Å². The van der Waals surface area contributed by atoms with Crippen LogP contribution in [0, 0.1) is 0 Å². The molecule has 1 N–H and O–H groups in total. The van der Waals surface area contributed by atoms with Crippen LogP contribution in [0.25, 0.3) is 0 Å². The molecule has 1 aliphatic heterocycles. The van der Waals surface area contributed by atoms with Gasteiger partial charge in [-0.2, -0.15) is 0 Å². The number of hydrazine groups is 1. The highest BCUT2D eigenvalue weighted by Gasteiger charge is 2.40. The van der Waals surface area contributed by atoms with Crippen molar-refractivity contribution in [2.45, 2.75) is 25.9 Å². The fourth-order valence-electron chi connectivity index (χ4n) is 2.42. The van der Waals surface area contributed by atoms with Gasteiger partial charge in [-0.25, -0.2) is 5.01 Å². The van der Waals surface area contributed by atoms with Crippen LogP contribution in [0.1, 0.15) is 29.8 Å². The van der Waals surface area contributed by atoms with Crippen molar-refractivity contribution in [2.24, 2.45) is 5.16 Å². The Bertz CT molecular complexity index is 850. The molecule has 0 fully saturated rings. The van der Waals surface area contributed by atoms with Gasteiger partial charge in [-0.15, -0.1) is 13.2 Å². The highest BCUT2D eigenvalue weighted by Crippen LogP contribution is 2.27. The summed E-state index contributed by atoms with van der Waals surface area (Å²) in [5.41, 5.74) is 2.62. The number of hydrogen-bond donors (Lipinski definition) is 1. The van der Waals surface area contributed by atoms with Crippen LogP contribution in [0.15, 0.2) is 59.8 Å². The van der Waals surface area contributed by atoms with Crippen molar-refractivity contribution >= 4 is 11.7 Å². The molecule has 2 aromatic carbocycles. The van der Waals surface area contributed by atoms with Crippen LogP contribution in [0.5, 0.6) is 5.75 Å². The highest BCUT2D eigenvalue weighted by atomic mass is 19.4. The molecule has 0 saturated heterocycles. The van der Waals surface area contributed by atoms with E-state index in [1.165, 1.54) is 17.1 Å². The van der Waals surface area contributed by atoms with Crippen molar-refractivity contribution < 1.29 is 27.5 Å². The molecule has 1 amide bonds. The second-order valence-electron chi connectivity index (χ2n) is 6.17. The largest absolute Gasteiger partial charge is 0.573 e. The first kappa shape index (κ1) is 18.6. The maximum Gasteiger partial charge on any atom is 0.573 e. The Morgan fingerprint density at radius 2 is 1.74 bits per heavy atom. The lowest BCUT2D eigenvalue weighted by molar-refractivity contribution is -0.274. The normalized spacial score (nSPS) is 15.7. The number of hydrogen-bond acceptors (Lipinski definition) is 5. The lowest BCUT2D eigenvalue weighted by Gasteiger charge is -2.31. The van der Waals surface area contributed by atoms with Gasteiger partial charge in [-0.1, -0.05) is 23.4 Å². The summed E-state index contributed by atoms with van der Waals surface area (Å²) in [4.78, 5) is 17.8. The molecule has 0 atom stereocenters. The summed E-state index contributed by atoms with van der Waals surface area (Å²) >= 11 is 0. The van der Waals surface area contributed by atoms with E-state index in [1.807, 2.05) is 0 Å². The molecule has 3 rings (SSSR count). The summed E-state index contributed by atoms with van der Waals surface area (Å²) < 4.78 is 40.7. The second kappa shape index (κ2) is 6.82. The van der Waals surface area contributed by atoms with Gasteiger partial charge in [0, 0.05) is 11.1 Å². The van der Waals surface area contributed by atoms with E-state index in [0.717, 1.165) is 12.1 Å². The first-order valence-corrected chi connectivity index (χ1v) is 7.94. The Hall–Kier alpha value is -3.23. The second-order valence-corrected chi connectivity index (χ2v) is 6.17. The zero-order valence-corrected chi connectivity index (χ0v) is 14.4. The molecule has 0 saturated carbocycles. The van der Waals surface area contributed by atoms with E-state index >= 15 is 0 Å². The van der Waals surface area contributed by atoms with Crippen LogP contribution >= 0.6 is 0 Å². The number of carbonyl (C=O) groups is 1. The molecule has 0 aliphatic carbocycles. The van der Waals surface area contributed by atoms with Gasteiger partial charge in [0.05, 0.1) is 0 Å². The van der Waals surface area contributed by atoms with Gasteiger partial charge in [0.2, 0.25) is 5.72 Å². The molecule has 27 heavy (non-hydrogen) atoms. The first-order valence-electron chi connectivity index (χ1n) is 7.94. The monoisotopic (exact) mass is 379 g/mol. The van der Waals surface area contributed by atoms with Gasteiger partial charge in [0.25, 0.3) is 5.91 Å². The third-order valence-corrected chi connectivity index (χ3v) is 3.70. The Balaban J connectivity index is 1.81. The van der Waals surface area contributed by atoms with Crippen molar-refractivity contribution in [3.63, 3.8) is 0 Å². The smallest absolute Gasteiger partial charge is 0.406 e. The van der Waals surface area contributed by atoms with Gasteiger partial charge >= 0.3 is 6.36 Å². The van der Waals surface area contributed by atoms with Gasteiger partial charge in [0.1, 0.15) is 5.75 Å². The number of amides is 1. The number of carbonyl (C=O) groups excluding carboxylic acids is 1. The first-order chi connectivity index (χ1) is 12.7. The van der Waals surface area contributed by atoms with Crippen LogP contribution in [-0.4, -0.2) is 28.8 Å². The molecule has 2 aromatic rings. The summed E-state index contributed by atoms with van der Waals surface area (Å²) in [6.07, 6.45) is -4.77. The number of amidine groups is 1. The van der Waals surface area contributed by atoms with Gasteiger partial charge in [-0.05, 0) is 50.2 Å². The third kappa shape index (κ3) is 4.30. The molecular weight excluding hydrogens is 363 g/mol. The number of alkyl halides is 3. The number of nitrogens with zero attached hydrogens (tertiary/aromatic N) is 2. The zero-order chi connectivity index (χ0) is 19.7. The fourth-order valence-corrected chi connectivity index (χ4v) is 2.42. The molecule has 1 heterocycles. The summed E-state index contributed by atoms with van der Waals surface area (Å²) in [6.45, 7) is 3.38. The quantitative estimate of drug-likeness (QED) is 0.881. The van der Waals surface area contributed by atoms with Crippen molar-refractivity contribution in [3.8, 4) is 5.75 Å². The van der Waals surface area contributed by atoms with Crippen molar-refractivity contribution in [3.05, 3.63) is 65.7 Å². The molecule has 0 unspecified atom stereocenters. The predicted molar refractivity (Wildman–Crippen MR) is 90.6 cm³/mol. The van der Waals surface area contributed by atoms with Crippen LogP contribution < -0.4 is 10.2 Å². The molecule has 0 aromatic heterocycles. The Morgan fingerprint density at radius 3 is 2.33 bits per heavy atom. The van der Waals surface area contributed by atoms with E-state index in [9.17, 15) is 18.0 Å². The molecule has 6 nitrogen and oxygen atoms in total. The number of benzene rings is 2. The molecule has 9 heteroatoms. The van der Waals surface area contributed by atoms with Crippen LogP contribution in [0.4, 0.5) is 13.2 Å². The van der Waals surface area contributed by atoms with E-state index in [0.29, 0.717) is 11.1 Å². The van der Waals surface area contributed by atoms with E-state index in [4.69, 9.17) is 4.84 Å². The van der Waals surface area contributed by atoms with Crippen LogP contribution in [0.3, 0.4) is 0 Å². The van der Waals surface area contributed by atoms with E-state index in [1.54, 1.807) is 44.2 Å². The molecule has 0 bridgehead atoms. The topological polar surface area (TPSA) is 63.2 Å². The minimum absolute atomic E-state index is 0.253. The Kier molecular flexibility index (Phi) is 4.69. The summed E-state index contributed by atoms with van der Waals surface area (Å²) in [5.74, 6) is -0.480. The maximum atomic E-state index is 12.5. The third-order valence-electron chi connectivity index (χ3n) is 3.70. The maximum absolute atomic E-state index is 12.5. The fraction of sp³-hybridized carbons (Fsp3) is 0.222. The van der Waals surface area contributed by atoms with Crippen molar-refractivity contribution in [1.82, 2.24) is 10.4 Å². The number of nitrogens with one attached hydrogen (secondary N) is 1.